The lowest BCUT2D eigenvalue weighted by Gasteiger charge is -2.12. The minimum atomic E-state index is -0.397. The molecule has 144 valence electrons. The van der Waals surface area contributed by atoms with Crippen molar-refractivity contribution < 1.29 is 14.0 Å². The van der Waals surface area contributed by atoms with Gasteiger partial charge in [0.05, 0.1) is 11.6 Å². The quantitative estimate of drug-likeness (QED) is 0.597. The largest absolute Gasteiger partial charge is 0.380 e. The van der Waals surface area contributed by atoms with Crippen LogP contribution in [0.1, 0.15) is 38.8 Å². The molecule has 0 saturated heterocycles. The summed E-state index contributed by atoms with van der Waals surface area (Å²) in [5, 5.41) is 15.0. The molecule has 6 heteroatoms. The van der Waals surface area contributed by atoms with Crippen LogP contribution in [0.25, 0.3) is 0 Å². The van der Waals surface area contributed by atoms with E-state index in [1.165, 1.54) is 31.2 Å². The van der Waals surface area contributed by atoms with Gasteiger partial charge in [-0.2, -0.15) is 5.26 Å². The van der Waals surface area contributed by atoms with Crippen LogP contribution in [0, 0.1) is 17.1 Å². The smallest absolute Gasteiger partial charge is 0.255 e. The second-order valence-electron chi connectivity index (χ2n) is 6.44. The third kappa shape index (κ3) is 5.05. The van der Waals surface area contributed by atoms with Gasteiger partial charge in [-0.25, -0.2) is 4.39 Å². The van der Waals surface area contributed by atoms with E-state index in [1.807, 2.05) is 12.1 Å². The SMILES string of the molecule is CC(=O)c1ccc(C#N)cc1NCc1ccc(NC(=O)c2ccc(F)cc2)cc1. The first-order valence-electron chi connectivity index (χ1n) is 8.91. The van der Waals surface area contributed by atoms with E-state index < -0.39 is 5.82 Å². The Morgan fingerprint density at radius 1 is 1.00 bits per heavy atom. The van der Waals surface area contributed by atoms with Crippen LogP contribution in [-0.4, -0.2) is 11.7 Å². The maximum absolute atomic E-state index is 13.0. The number of ketones is 1. The molecule has 0 bridgehead atoms. The number of carbonyl (C=O) groups excluding carboxylic acids is 2. The van der Waals surface area contributed by atoms with Crippen molar-refractivity contribution >= 4 is 23.1 Å². The number of nitrogens with zero attached hydrogens (tertiary/aromatic N) is 1. The van der Waals surface area contributed by atoms with Crippen molar-refractivity contribution in [1.82, 2.24) is 0 Å². The number of Topliss-reactive ketones (excluding diaryl/α,β-unsaturated/α-hetero) is 1. The molecule has 0 unspecified atom stereocenters. The number of amides is 1. The van der Waals surface area contributed by atoms with Gasteiger partial charge >= 0.3 is 0 Å². The molecule has 0 saturated carbocycles. The first kappa shape index (κ1) is 19.8. The molecule has 0 aliphatic carbocycles. The molecule has 0 aromatic heterocycles. The third-order valence-electron chi connectivity index (χ3n) is 4.33. The molecule has 0 aliphatic heterocycles. The van der Waals surface area contributed by atoms with Gasteiger partial charge in [-0.15, -0.1) is 0 Å². The minimum absolute atomic E-state index is 0.0872. The zero-order valence-corrected chi connectivity index (χ0v) is 15.7. The van der Waals surface area contributed by atoms with E-state index in [-0.39, 0.29) is 11.7 Å². The lowest BCUT2D eigenvalue weighted by atomic mass is 10.1. The fraction of sp³-hybridized carbons (Fsp3) is 0.0870. The highest BCUT2D eigenvalue weighted by Crippen LogP contribution is 2.20. The summed E-state index contributed by atoms with van der Waals surface area (Å²) in [6, 6.07) is 19.5. The lowest BCUT2D eigenvalue weighted by molar-refractivity contribution is 0.101. The maximum atomic E-state index is 13.0. The second-order valence-corrected chi connectivity index (χ2v) is 6.44. The number of nitriles is 1. The van der Waals surface area contributed by atoms with Gasteiger partial charge in [0.25, 0.3) is 5.91 Å². The van der Waals surface area contributed by atoms with Crippen molar-refractivity contribution in [2.45, 2.75) is 13.5 Å². The predicted molar refractivity (Wildman–Crippen MR) is 109 cm³/mol. The summed E-state index contributed by atoms with van der Waals surface area (Å²) in [5.74, 6) is -0.808. The molecule has 29 heavy (non-hydrogen) atoms. The van der Waals surface area contributed by atoms with Gasteiger partial charge in [-0.1, -0.05) is 12.1 Å². The summed E-state index contributed by atoms with van der Waals surface area (Å²) < 4.78 is 13.0. The van der Waals surface area contributed by atoms with E-state index in [4.69, 9.17) is 5.26 Å². The van der Waals surface area contributed by atoms with E-state index in [0.29, 0.717) is 34.6 Å². The zero-order chi connectivity index (χ0) is 20.8. The highest BCUT2D eigenvalue weighted by molar-refractivity contribution is 6.04. The Hall–Kier alpha value is -3.98. The molecule has 0 aliphatic rings. The molecule has 0 spiro atoms. The topological polar surface area (TPSA) is 82.0 Å². The molecule has 0 heterocycles. The van der Waals surface area contributed by atoms with Crippen LogP contribution in [0.15, 0.2) is 66.7 Å². The number of hydrogen-bond donors (Lipinski definition) is 2. The lowest BCUT2D eigenvalue weighted by Crippen LogP contribution is -2.12. The number of benzene rings is 3. The third-order valence-corrected chi connectivity index (χ3v) is 4.33. The van der Waals surface area contributed by atoms with Crippen LogP contribution >= 0.6 is 0 Å². The molecular formula is C23H18FN3O2. The molecule has 5 nitrogen and oxygen atoms in total. The van der Waals surface area contributed by atoms with Crippen molar-refractivity contribution in [1.29, 1.82) is 5.26 Å². The molecular weight excluding hydrogens is 369 g/mol. The van der Waals surface area contributed by atoms with Gasteiger partial charge in [0, 0.05) is 29.0 Å². The number of nitrogens with one attached hydrogen (secondary N) is 2. The fourth-order valence-electron chi connectivity index (χ4n) is 2.77. The van der Waals surface area contributed by atoms with E-state index in [9.17, 15) is 14.0 Å². The Morgan fingerprint density at radius 3 is 2.31 bits per heavy atom. The monoisotopic (exact) mass is 387 g/mol. The summed E-state index contributed by atoms with van der Waals surface area (Å²) in [4.78, 5) is 24.0. The Morgan fingerprint density at radius 2 is 1.69 bits per heavy atom. The number of anilines is 2. The number of halogens is 1. The standard InChI is InChI=1S/C23H18FN3O2/c1-15(28)21-11-4-17(13-25)12-22(21)26-14-16-2-9-20(10-3-16)27-23(29)18-5-7-19(24)8-6-18/h2-12,26H,14H2,1H3,(H,27,29). The summed E-state index contributed by atoms with van der Waals surface area (Å²) >= 11 is 0. The van der Waals surface area contributed by atoms with Crippen molar-refractivity contribution in [2.75, 3.05) is 10.6 Å². The molecule has 0 radical (unpaired) electrons. The predicted octanol–water partition coefficient (Wildman–Crippen LogP) is 4.76. The highest BCUT2D eigenvalue weighted by atomic mass is 19.1. The highest BCUT2D eigenvalue weighted by Gasteiger charge is 2.09. The van der Waals surface area contributed by atoms with Gasteiger partial charge in [0.1, 0.15) is 5.82 Å². The number of hydrogen-bond acceptors (Lipinski definition) is 4. The Labute approximate surface area is 167 Å². The molecule has 2 N–H and O–H groups in total. The normalized spacial score (nSPS) is 10.1. The number of rotatable bonds is 6. The van der Waals surface area contributed by atoms with Crippen LogP contribution in [0.5, 0.6) is 0 Å². The second kappa shape index (κ2) is 8.81. The average Bonchev–Trinajstić information content (AvgIpc) is 2.73. The van der Waals surface area contributed by atoms with Crippen LogP contribution in [-0.2, 0) is 6.54 Å². The first-order chi connectivity index (χ1) is 14.0. The first-order valence-corrected chi connectivity index (χ1v) is 8.91. The average molecular weight is 387 g/mol. The van der Waals surface area contributed by atoms with Crippen LogP contribution in [0.3, 0.4) is 0 Å². The van der Waals surface area contributed by atoms with Crippen LogP contribution in [0.2, 0.25) is 0 Å². The fourth-order valence-corrected chi connectivity index (χ4v) is 2.77. The van der Waals surface area contributed by atoms with Gasteiger partial charge in [-0.05, 0) is 67.1 Å². The Balaban J connectivity index is 1.65. The molecule has 3 rings (SSSR count). The van der Waals surface area contributed by atoms with Crippen molar-refractivity contribution in [2.24, 2.45) is 0 Å². The zero-order valence-electron chi connectivity index (χ0n) is 15.7. The summed E-state index contributed by atoms with van der Waals surface area (Å²) in [6.07, 6.45) is 0. The summed E-state index contributed by atoms with van der Waals surface area (Å²) in [6.45, 7) is 1.92. The van der Waals surface area contributed by atoms with E-state index in [1.54, 1.807) is 30.3 Å². The van der Waals surface area contributed by atoms with Crippen molar-refractivity contribution in [3.05, 3.63) is 94.8 Å². The van der Waals surface area contributed by atoms with E-state index in [2.05, 4.69) is 16.7 Å². The van der Waals surface area contributed by atoms with E-state index in [0.717, 1.165) is 5.56 Å². The molecule has 0 atom stereocenters. The summed E-state index contributed by atoms with van der Waals surface area (Å²) in [7, 11) is 0. The van der Waals surface area contributed by atoms with E-state index >= 15 is 0 Å². The molecule has 3 aromatic rings. The number of carbonyl (C=O) groups is 2. The van der Waals surface area contributed by atoms with Crippen LogP contribution < -0.4 is 10.6 Å². The Kier molecular flexibility index (Phi) is 6.00. The van der Waals surface area contributed by atoms with Gasteiger partial charge in [0.15, 0.2) is 5.78 Å². The molecule has 0 fully saturated rings. The van der Waals surface area contributed by atoms with Gasteiger partial charge in [-0.3, -0.25) is 9.59 Å². The summed E-state index contributed by atoms with van der Waals surface area (Å²) in [5.41, 5.74) is 3.50. The molecule has 1 amide bonds. The van der Waals surface area contributed by atoms with Gasteiger partial charge in [0.2, 0.25) is 0 Å². The van der Waals surface area contributed by atoms with Crippen molar-refractivity contribution in [3.63, 3.8) is 0 Å². The van der Waals surface area contributed by atoms with Crippen LogP contribution in [0.4, 0.5) is 15.8 Å². The Bertz CT molecular complexity index is 1080. The maximum Gasteiger partial charge on any atom is 0.255 e. The molecule has 3 aromatic carbocycles. The minimum Gasteiger partial charge on any atom is -0.380 e. The van der Waals surface area contributed by atoms with Crippen molar-refractivity contribution in [3.8, 4) is 6.07 Å². The van der Waals surface area contributed by atoms with Gasteiger partial charge < -0.3 is 10.6 Å².